The first-order valence-electron chi connectivity index (χ1n) is 3.92. The number of rotatable bonds is 1. The molecule has 1 heterocycles. The molecule has 72 valence electrons. The quantitative estimate of drug-likeness (QED) is 0.795. The van der Waals surface area contributed by atoms with E-state index in [0.717, 1.165) is 20.9 Å². The van der Waals surface area contributed by atoms with Crippen LogP contribution in [0.15, 0.2) is 22.7 Å². The van der Waals surface area contributed by atoms with E-state index in [1.54, 1.807) is 0 Å². The van der Waals surface area contributed by atoms with Crippen molar-refractivity contribution in [1.29, 1.82) is 0 Å². The van der Waals surface area contributed by atoms with Gasteiger partial charge in [0.1, 0.15) is 5.01 Å². The highest BCUT2D eigenvalue weighted by Gasteiger charge is 2.08. The van der Waals surface area contributed by atoms with Crippen molar-refractivity contribution in [3.05, 3.63) is 32.7 Å². The molecule has 0 aliphatic heterocycles. The van der Waals surface area contributed by atoms with E-state index in [-0.39, 0.29) is 0 Å². The molecule has 5 heteroatoms. The Balaban J connectivity index is 2.52. The smallest absolute Gasteiger partial charge is 0.174 e. The largest absolute Gasteiger partial charge is 0.220 e. The third kappa shape index (κ3) is 1.97. The highest BCUT2D eigenvalue weighted by Crippen LogP contribution is 2.29. The summed E-state index contributed by atoms with van der Waals surface area (Å²) in [5.74, 6) is 0.746. The van der Waals surface area contributed by atoms with E-state index in [9.17, 15) is 0 Å². The summed E-state index contributed by atoms with van der Waals surface area (Å²) in [6.07, 6.45) is 0. The molecule has 0 fully saturated rings. The fourth-order valence-electron chi connectivity index (χ4n) is 1.08. The Bertz CT molecular complexity index is 470. The maximum atomic E-state index is 5.84. The zero-order valence-electron chi connectivity index (χ0n) is 7.29. The van der Waals surface area contributed by atoms with E-state index in [0.29, 0.717) is 5.02 Å². The highest BCUT2D eigenvalue weighted by atomic mass is 79.9. The fraction of sp³-hybridized carbons (Fsp3) is 0.111. The molecule has 2 aromatic rings. The van der Waals surface area contributed by atoms with Crippen molar-refractivity contribution in [3.63, 3.8) is 0 Å². The van der Waals surface area contributed by atoms with Gasteiger partial charge >= 0.3 is 0 Å². The van der Waals surface area contributed by atoms with Crippen molar-refractivity contribution in [2.75, 3.05) is 0 Å². The van der Waals surface area contributed by atoms with Gasteiger partial charge in [0.25, 0.3) is 0 Å². The summed E-state index contributed by atoms with van der Waals surface area (Å²) in [5, 5.41) is 1.66. The Kier molecular flexibility index (Phi) is 2.85. The molecular weight excluding hydrogens is 284 g/mol. The van der Waals surface area contributed by atoms with Crippen molar-refractivity contribution < 1.29 is 0 Å². The van der Waals surface area contributed by atoms with Crippen LogP contribution in [0.25, 0.3) is 11.4 Å². The molecule has 0 aliphatic carbocycles. The van der Waals surface area contributed by atoms with Crippen LogP contribution in [-0.4, -0.2) is 9.36 Å². The molecule has 1 aromatic heterocycles. The lowest BCUT2D eigenvalue weighted by molar-refractivity contribution is 1.25. The van der Waals surface area contributed by atoms with Crippen LogP contribution in [0.4, 0.5) is 0 Å². The monoisotopic (exact) mass is 288 g/mol. The van der Waals surface area contributed by atoms with E-state index in [1.165, 1.54) is 11.5 Å². The van der Waals surface area contributed by atoms with Crippen LogP contribution in [0, 0.1) is 6.92 Å². The Hall–Kier alpha value is -0.450. The minimum atomic E-state index is 0.701. The Morgan fingerprint density at radius 3 is 2.79 bits per heavy atom. The van der Waals surface area contributed by atoms with Crippen LogP contribution in [-0.2, 0) is 0 Å². The molecule has 2 nitrogen and oxygen atoms in total. The molecule has 0 unspecified atom stereocenters. The van der Waals surface area contributed by atoms with Crippen molar-refractivity contribution in [2.24, 2.45) is 0 Å². The van der Waals surface area contributed by atoms with Crippen molar-refractivity contribution in [2.45, 2.75) is 6.92 Å². The summed E-state index contributed by atoms with van der Waals surface area (Å²) >= 11 is 10.7. The zero-order valence-corrected chi connectivity index (χ0v) is 10.4. The minimum absolute atomic E-state index is 0.701. The topological polar surface area (TPSA) is 25.8 Å². The van der Waals surface area contributed by atoms with Crippen LogP contribution < -0.4 is 0 Å². The summed E-state index contributed by atoms with van der Waals surface area (Å²) in [5.41, 5.74) is 0.971. The van der Waals surface area contributed by atoms with Crippen LogP contribution in [0.3, 0.4) is 0 Å². The number of aromatic nitrogens is 2. The first kappa shape index (κ1) is 10.1. The minimum Gasteiger partial charge on any atom is -0.220 e. The van der Waals surface area contributed by atoms with Gasteiger partial charge in [0.15, 0.2) is 5.82 Å². The molecule has 0 atom stereocenters. The number of hydrogen-bond acceptors (Lipinski definition) is 3. The molecule has 0 amide bonds. The van der Waals surface area contributed by atoms with Gasteiger partial charge in [0, 0.05) is 15.1 Å². The summed E-state index contributed by atoms with van der Waals surface area (Å²) < 4.78 is 5.15. The van der Waals surface area contributed by atoms with Gasteiger partial charge in [-0.15, -0.1) is 0 Å². The van der Waals surface area contributed by atoms with Gasteiger partial charge in [0.05, 0.1) is 0 Å². The maximum absolute atomic E-state index is 5.84. The normalized spacial score (nSPS) is 10.5. The molecule has 14 heavy (non-hydrogen) atoms. The van der Waals surface area contributed by atoms with E-state index in [1.807, 2.05) is 25.1 Å². The standard InChI is InChI=1S/C9H6BrClN2S/c1-5-12-9(13-14-5)7-3-2-6(11)4-8(7)10/h2-4H,1H3. The first-order valence-corrected chi connectivity index (χ1v) is 5.87. The summed E-state index contributed by atoms with van der Waals surface area (Å²) in [4.78, 5) is 4.31. The van der Waals surface area contributed by atoms with Gasteiger partial charge in [-0.1, -0.05) is 11.6 Å². The number of benzene rings is 1. The molecule has 1 aromatic carbocycles. The number of nitrogens with zero attached hydrogens (tertiary/aromatic N) is 2. The molecule has 2 rings (SSSR count). The Morgan fingerprint density at radius 2 is 2.21 bits per heavy atom. The summed E-state index contributed by atoms with van der Waals surface area (Å²) in [7, 11) is 0. The highest BCUT2D eigenvalue weighted by molar-refractivity contribution is 9.10. The first-order chi connectivity index (χ1) is 6.66. The summed E-state index contributed by atoms with van der Waals surface area (Å²) in [6.45, 7) is 1.94. The molecule has 0 spiro atoms. The van der Waals surface area contributed by atoms with E-state index in [2.05, 4.69) is 25.3 Å². The van der Waals surface area contributed by atoms with Crippen LogP contribution >= 0.6 is 39.1 Å². The lowest BCUT2D eigenvalue weighted by Crippen LogP contribution is -1.82. The Morgan fingerprint density at radius 1 is 1.43 bits per heavy atom. The molecular formula is C9H6BrClN2S. The summed E-state index contributed by atoms with van der Waals surface area (Å²) in [6, 6.07) is 5.58. The van der Waals surface area contributed by atoms with Gasteiger partial charge in [-0.25, -0.2) is 4.98 Å². The second-order valence-electron chi connectivity index (χ2n) is 2.76. The van der Waals surface area contributed by atoms with Crippen LogP contribution in [0.5, 0.6) is 0 Å². The van der Waals surface area contributed by atoms with Gasteiger partial charge < -0.3 is 0 Å². The number of halogens is 2. The third-order valence-corrected chi connectivity index (χ3v) is 3.21. The van der Waals surface area contributed by atoms with Gasteiger partial charge in [-0.2, -0.15) is 4.37 Å². The maximum Gasteiger partial charge on any atom is 0.174 e. The molecule has 0 aliphatic rings. The van der Waals surface area contributed by atoms with Gasteiger partial charge in [-0.3, -0.25) is 0 Å². The predicted molar refractivity (Wildman–Crippen MR) is 62.8 cm³/mol. The van der Waals surface area contributed by atoms with E-state index in [4.69, 9.17) is 11.6 Å². The second kappa shape index (κ2) is 3.96. The van der Waals surface area contributed by atoms with Gasteiger partial charge in [-0.05, 0) is 52.6 Å². The molecule has 0 saturated carbocycles. The van der Waals surface area contributed by atoms with Gasteiger partial charge in [0.2, 0.25) is 0 Å². The van der Waals surface area contributed by atoms with Crippen molar-refractivity contribution in [1.82, 2.24) is 9.36 Å². The fourth-order valence-corrected chi connectivity index (χ4v) is 2.42. The number of hydrogen-bond donors (Lipinski definition) is 0. The molecule has 0 radical (unpaired) electrons. The number of aryl methyl sites for hydroxylation is 1. The van der Waals surface area contributed by atoms with Crippen molar-refractivity contribution >= 4 is 39.1 Å². The second-order valence-corrected chi connectivity index (χ2v) is 5.01. The molecule has 0 saturated heterocycles. The SMILES string of the molecule is Cc1nc(-c2ccc(Cl)cc2Br)ns1. The average Bonchev–Trinajstić information content (AvgIpc) is 2.51. The molecule has 0 bridgehead atoms. The van der Waals surface area contributed by atoms with E-state index >= 15 is 0 Å². The lowest BCUT2D eigenvalue weighted by atomic mass is 10.2. The third-order valence-electron chi connectivity index (χ3n) is 1.70. The van der Waals surface area contributed by atoms with E-state index < -0.39 is 0 Å². The molecule has 0 N–H and O–H groups in total. The van der Waals surface area contributed by atoms with Crippen LogP contribution in [0.1, 0.15) is 5.01 Å². The Labute approximate surface area is 99.2 Å². The predicted octanol–water partition coefficient (Wildman–Crippen LogP) is 3.93. The zero-order chi connectivity index (χ0) is 10.1. The van der Waals surface area contributed by atoms with Crippen molar-refractivity contribution in [3.8, 4) is 11.4 Å². The lowest BCUT2D eigenvalue weighted by Gasteiger charge is -1.99. The van der Waals surface area contributed by atoms with Crippen LogP contribution in [0.2, 0.25) is 5.02 Å². The average molecular weight is 290 g/mol.